The van der Waals surface area contributed by atoms with Crippen molar-refractivity contribution in [1.82, 2.24) is 19.7 Å². The normalized spacial score (nSPS) is 16.7. The van der Waals surface area contributed by atoms with E-state index in [0.29, 0.717) is 12.4 Å². The number of aryl methyl sites for hydroxylation is 2. The first-order valence-electron chi connectivity index (χ1n) is 9.23. The third-order valence-electron chi connectivity index (χ3n) is 5.40. The lowest BCUT2D eigenvalue weighted by Gasteiger charge is -2.23. The van der Waals surface area contributed by atoms with Crippen LogP contribution in [0.15, 0.2) is 48.5 Å². The van der Waals surface area contributed by atoms with Crippen LogP contribution in [0.1, 0.15) is 45.2 Å². The van der Waals surface area contributed by atoms with Crippen LogP contribution in [0.3, 0.4) is 0 Å². The molecular formula is C22H20N4O. The molecule has 0 saturated heterocycles. The van der Waals surface area contributed by atoms with Crippen molar-refractivity contribution in [2.45, 2.75) is 32.6 Å². The van der Waals surface area contributed by atoms with Crippen LogP contribution in [0.4, 0.5) is 0 Å². The number of imidazole rings is 1. The van der Waals surface area contributed by atoms with Crippen molar-refractivity contribution < 1.29 is 4.79 Å². The maximum atomic E-state index is 12.9. The zero-order valence-corrected chi connectivity index (χ0v) is 15.4. The Bertz CT molecular complexity index is 1150. The number of para-hydroxylation sites is 2. The SMILES string of the molecule is Cc1cccc([C@H]2CC(=O)c3c(C)nn(-c4nc5ccccc5[nH]4)c3C2)c1. The molecule has 134 valence electrons. The molecule has 0 amide bonds. The van der Waals surface area contributed by atoms with Crippen LogP contribution in [0.2, 0.25) is 0 Å². The van der Waals surface area contributed by atoms with Gasteiger partial charge < -0.3 is 4.98 Å². The van der Waals surface area contributed by atoms with Crippen LogP contribution >= 0.6 is 0 Å². The average molecular weight is 356 g/mol. The van der Waals surface area contributed by atoms with Gasteiger partial charge in [0.15, 0.2) is 5.78 Å². The number of nitrogens with one attached hydrogen (secondary N) is 1. The zero-order valence-electron chi connectivity index (χ0n) is 15.4. The minimum Gasteiger partial charge on any atom is -0.322 e. The number of rotatable bonds is 2. The van der Waals surface area contributed by atoms with Gasteiger partial charge in [0.1, 0.15) is 0 Å². The van der Waals surface area contributed by atoms with Gasteiger partial charge in [0.25, 0.3) is 0 Å². The molecule has 0 unspecified atom stereocenters. The highest BCUT2D eigenvalue weighted by atomic mass is 16.1. The quantitative estimate of drug-likeness (QED) is 0.583. The first-order chi connectivity index (χ1) is 13.1. The number of aromatic amines is 1. The lowest BCUT2D eigenvalue weighted by molar-refractivity contribution is 0.0963. The Balaban J connectivity index is 1.62. The van der Waals surface area contributed by atoms with E-state index in [0.717, 1.165) is 34.4 Å². The highest BCUT2D eigenvalue weighted by Crippen LogP contribution is 2.35. The molecule has 0 fully saturated rings. The topological polar surface area (TPSA) is 63.6 Å². The van der Waals surface area contributed by atoms with Gasteiger partial charge in [-0.05, 0) is 43.9 Å². The number of aromatic nitrogens is 4. The summed E-state index contributed by atoms with van der Waals surface area (Å²) in [5.74, 6) is 1.00. The van der Waals surface area contributed by atoms with Crippen molar-refractivity contribution in [2.75, 3.05) is 0 Å². The molecule has 1 aliphatic rings. The Morgan fingerprint density at radius 2 is 1.93 bits per heavy atom. The fraction of sp³-hybridized carbons (Fsp3) is 0.227. The fourth-order valence-electron chi connectivity index (χ4n) is 4.13. The summed E-state index contributed by atoms with van der Waals surface area (Å²) in [4.78, 5) is 20.9. The van der Waals surface area contributed by atoms with Crippen molar-refractivity contribution in [3.8, 4) is 5.95 Å². The van der Waals surface area contributed by atoms with Crippen molar-refractivity contribution in [3.05, 3.63) is 76.6 Å². The van der Waals surface area contributed by atoms with Crippen molar-refractivity contribution in [2.24, 2.45) is 0 Å². The van der Waals surface area contributed by atoms with Gasteiger partial charge in [-0.1, -0.05) is 42.0 Å². The molecule has 5 nitrogen and oxygen atoms in total. The minimum absolute atomic E-state index is 0.169. The number of ketones is 1. The molecule has 1 atom stereocenters. The highest BCUT2D eigenvalue weighted by Gasteiger charge is 2.32. The van der Waals surface area contributed by atoms with Crippen LogP contribution in [0.5, 0.6) is 0 Å². The second-order valence-corrected chi connectivity index (χ2v) is 7.34. The number of hydrogen-bond donors (Lipinski definition) is 1. The molecule has 27 heavy (non-hydrogen) atoms. The van der Waals surface area contributed by atoms with E-state index in [1.807, 2.05) is 35.9 Å². The summed E-state index contributed by atoms with van der Waals surface area (Å²) in [7, 11) is 0. The van der Waals surface area contributed by atoms with Crippen LogP contribution in [-0.4, -0.2) is 25.5 Å². The van der Waals surface area contributed by atoms with Gasteiger partial charge in [-0.25, -0.2) is 9.67 Å². The number of H-pyrrole nitrogens is 1. The number of Topliss-reactive ketones (excluding diaryl/α,β-unsaturated/α-hetero) is 1. The van der Waals surface area contributed by atoms with Gasteiger partial charge in [-0.2, -0.15) is 5.10 Å². The summed E-state index contributed by atoms with van der Waals surface area (Å²) in [5.41, 5.74) is 6.78. The molecule has 5 rings (SSSR count). The number of fused-ring (bicyclic) bond motifs is 2. The van der Waals surface area contributed by atoms with Crippen LogP contribution < -0.4 is 0 Å². The fourth-order valence-corrected chi connectivity index (χ4v) is 4.13. The zero-order chi connectivity index (χ0) is 18.5. The molecule has 2 aromatic carbocycles. The van der Waals surface area contributed by atoms with E-state index in [1.54, 1.807) is 0 Å². The predicted molar refractivity (Wildman–Crippen MR) is 105 cm³/mol. The predicted octanol–water partition coefficient (Wildman–Crippen LogP) is 4.28. The summed E-state index contributed by atoms with van der Waals surface area (Å²) >= 11 is 0. The van der Waals surface area contributed by atoms with Crippen molar-refractivity contribution in [3.63, 3.8) is 0 Å². The van der Waals surface area contributed by atoms with E-state index >= 15 is 0 Å². The minimum atomic E-state index is 0.169. The van der Waals surface area contributed by atoms with Crippen molar-refractivity contribution in [1.29, 1.82) is 0 Å². The highest BCUT2D eigenvalue weighted by molar-refractivity contribution is 6.00. The molecule has 0 spiro atoms. The van der Waals surface area contributed by atoms with Gasteiger partial charge in [0.05, 0.1) is 28.0 Å². The molecule has 2 aromatic heterocycles. The van der Waals surface area contributed by atoms with Crippen LogP contribution in [0, 0.1) is 13.8 Å². The standard InChI is InChI=1S/C22H20N4O/c1-13-6-5-7-15(10-13)16-11-19-21(20(27)12-16)14(2)25-26(19)22-23-17-8-3-4-9-18(17)24-22/h3-10,16H,11-12H2,1-2H3,(H,23,24)/t16-/m1/s1. The first kappa shape index (κ1) is 16.0. The maximum absolute atomic E-state index is 12.9. The van der Waals surface area contributed by atoms with Gasteiger partial charge in [0.2, 0.25) is 5.95 Å². The molecule has 0 bridgehead atoms. The summed E-state index contributed by atoms with van der Waals surface area (Å²) < 4.78 is 1.82. The third-order valence-corrected chi connectivity index (χ3v) is 5.40. The summed E-state index contributed by atoms with van der Waals surface area (Å²) in [6.45, 7) is 3.99. The van der Waals surface area contributed by atoms with Gasteiger partial charge in [-0.3, -0.25) is 4.79 Å². The van der Waals surface area contributed by atoms with Gasteiger partial charge in [-0.15, -0.1) is 0 Å². The molecule has 4 aromatic rings. The van der Waals surface area contributed by atoms with E-state index in [1.165, 1.54) is 11.1 Å². The van der Waals surface area contributed by atoms with Crippen LogP contribution in [0.25, 0.3) is 17.0 Å². The number of hydrogen-bond acceptors (Lipinski definition) is 3. The molecule has 0 aliphatic heterocycles. The molecule has 1 aliphatic carbocycles. The lowest BCUT2D eigenvalue weighted by atomic mass is 9.81. The Labute approximate surface area is 157 Å². The molecule has 1 N–H and O–H groups in total. The third kappa shape index (κ3) is 2.58. The van der Waals surface area contributed by atoms with E-state index in [2.05, 4.69) is 46.3 Å². The Morgan fingerprint density at radius 1 is 1.07 bits per heavy atom. The number of carbonyl (C=O) groups excluding carboxylic acids is 1. The maximum Gasteiger partial charge on any atom is 0.229 e. The molecule has 0 radical (unpaired) electrons. The summed E-state index contributed by atoms with van der Waals surface area (Å²) in [6, 6.07) is 16.4. The van der Waals surface area contributed by atoms with Gasteiger partial charge >= 0.3 is 0 Å². The smallest absolute Gasteiger partial charge is 0.229 e. The monoisotopic (exact) mass is 356 g/mol. The van der Waals surface area contributed by atoms with E-state index in [9.17, 15) is 4.79 Å². The second-order valence-electron chi connectivity index (χ2n) is 7.34. The van der Waals surface area contributed by atoms with Gasteiger partial charge in [0, 0.05) is 6.42 Å². The first-order valence-corrected chi connectivity index (χ1v) is 9.23. The second kappa shape index (κ2) is 5.91. The van der Waals surface area contributed by atoms with E-state index in [4.69, 9.17) is 0 Å². The Hall–Kier alpha value is -3.21. The van der Waals surface area contributed by atoms with Crippen LogP contribution in [-0.2, 0) is 6.42 Å². The summed E-state index contributed by atoms with van der Waals surface area (Å²) in [6.07, 6.45) is 1.31. The number of benzene rings is 2. The molecule has 2 heterocycles. The summed E-state index contributed by atoms with van der Waals surface area (Å²) in [5, 5.41) is 4.66. The molecule has 5 heteroatoms. The molecule has 0 saturated carbocycles. The Morgan fingerprint density at radius 3 is 2.74 bits per heavy atom. The Kier molecular flexibility index (Phi) is 3.50. The number of nitrogens with zero attached hydrogens (tertiary/aromatic N) is 3. The average Bonchev–Trinajstić information content (AvgIpc) is 3.23. The largest absolute Gasteiger partial charge is 0.322 e. The van der Waals surface area contributed by atoms with E-state index in [-0.39, 0.29) is 11.7 Å². The van der Waals surface area contributed by atoms with E-state index < -0.39 is 0 Å². The van der Waals surface area contributed by atoms with Crippen molar-refractivity contribution >= 4 is 16.8 Å². The lowest BCUT2D eigenvalue weighted by Crippen LogP contribution is -2.21. The number of carbonyl (C=O) groups is 1. The molecular weight excluding hydrogens is 336 g/mol.